The molecule has 2 saturated carbocycles. The Bertz CT molecular complexity index is 967. The second-order valence-electron chi connectivity index (χ2n) is 12.8. The molecule has 1 aromatic heterocycles. The zero-order valence-corrected chi connectivity index (χ0v) is 24.3. The highest BCUT2D eigenvalue weighted by Gasteiger charge is 2.53. The van der Waals surface area contributed by atoms with Crippen molar-refractivity contribution >= 4 is 11.8 Å². The molecule has 0 bridgehead atoms. The fourth-order valence-corrected chi connectivity index (χ4v) is 7.84. The van der Waals surface area contributed by atoms with E-state index in [1.807, 2.05) is 4.90 Å². The lowest BCUT2D eigenvalue weighted by Gasteiger charge is -2.52. The summed E-state index contributed by atoms with van der Waals surface area (Å²) in [5.74, 6) is 0.853. The van der Waals surface area contributed by atoms with Crippen LogP contribution in [0.1, 0.15) is 126 Å². The standard InChI is InChI=1S/C31H51N5O2/c1-4-5-18-35-29(37)28(21-25-12-8-6-9-13-25)32-30(38)31(35)16-19-34(20-17-31)22-27-23(2)33-36(24(27)3)26-14-10-7-11-15-26/h25-26,28H,4-22H2,1-3H3,(H,32,38)/t28-/m0/s1. The molecule has 1 spiro atoms. The summed E-state index contributed by atoms with van der Waals surface area (Å²) in [7, 11) is 0. The van der Waals surface area contributed by atoms with Gasteiger partial charge in [0.1, 0.15) is 11.6 Å². The van der Waals surface area contributed by atoms with Gasteiger partial charge in [-0.05, 0) is 58.3 Å². The third kappa shape index (κ3) is 5.55. The fraction of sp³-hybridized carbons (Fsp3) is 0.839. The summed E-state index contributed by atoms with van der Waals surface area (Å²) in [6, 6.07) is 0.216. The van der Waals surface area contributed by atoms with Crippen molar-refractivity contribution < 1.29 is 9.59 Å². The monoisotopic (exact) mass is 525 g/mol. The number of carbonyl (C=O) groups excluding carboxylic acids is 2. The van der Waals surface area contributed by atoms with Crippen molar-refractivity contribution in [1.29, 1.82) is 0 Å². The summed E-state index contributed by atoms with van der Waals surface area (Å²) in [6.07, 6.45) is 16.9. The molecule has 2 saturated heterocycles. The van der Waals surface area contributed by atoms with Crippen LogP contribution in [0.3, 0.4) is 0 Å². The minimum Gasteiger partial charge on any atom is -0.342 e. The van der Waals surface area contributed by atoms with E-state index in [4.69, 9.17) is 5.10 Å². The summed E-state index contributed by atoms with van der Waals surface area (Å²) in [4.78, 5) is 32.1. The largest absolute Gasteiger partial charge is 0.342 e. The normalized spacial score (nSPS) is 25.8. The molecule has 1 N–H and O–H groups in total. The minimum absolute atomic E-state index is 0.103. The van der Waals surface area contributed by atoms with Gasteiger partial charge in [0.05, 0.1) is 11.7 Å². The molecule has 4 aliphatic rings. The van der Waals surface area contributed by atoms with Gasteiger partial charge in [0.15, 0.2) is 0 Å². The first-order valence-corrected chi connectivity index (χ1v) is 15.8. The lowest BCUT2D eigenvalue weighted by atomic mass is 9.79. The average Bonchev–Trinajstić information content (AvgIpc) is 3.22. The first-order chi connectivity index (χ1) is 18.4. The van der Waals surface area contributed by atoms with E-state index in [-0.39, 0.29) is 17.9 Å². The Labute approximate surface area is 230 Å². The van der Waals surface area contributed by atoms with Gasteiger partial charge in [-0.2, -0.15) is 5.10 Å². The molecular formula is C31H51N5O2. The lowest BCUT2D eigenvalue weighted by Crippen LogP contribution is -2.73. The fourth-order valence-electron chi connectivity index (χ4n) is 7.84. The molecule has 2 aliphatic heterocycles. The summed E-state index contributed by atoms with van der Waals surface area (Å²) >= 11 is 0. The highest BCUT2D eigenvalue weighted by atomic mass is 16.2. The Hall–Kier alpha value is -1.89. The number of aromatic nitrogens is 2. The molecule has 0 radical (unpaired) electrons. The third-order valence-electron chi connectivity index (χ3n) is 10.3. The number of hydrogen-bond donors (Lipinski definition) is 1. The molecule has 7 nitrogen and oxygen atoms in total. The maximum absolute atomic E-state index is 13.8. The van der Waals surface area contributed by atoms with E-state index in [2.05, 4.69) is 35.7 Å². The van der Waals surface area contributed by atoms with Crippen LogP contribution in [0.5, 0.6) is 0 Å². The van der Waals surface area contributed by atoms with Gasteiger partial charge >= 0.3 is 0 Å². The summed E-state index contributed by atoms with van der Waals surface area (Å²) in [5.41, 5.74) is 3.14. The van der Waals surface area contributed by atoms with E-state index in [1.54, 1.807) is 0 Å². The van der Waals surface area contributed by atoms with Crippen molar-refractivity contribution in [1.82, 2.24) is 24.9 Å². The first-order valence-electron chi connectivity index (χ1n) is 15.8. The van der Waals surface area contributed by atoms with Crippen LogP contribution < -0.4 is 5.32 Å². The molecule has 0 aromatic carbocycles. The Kier molecular flexibility index (Phi) is 8.81. The van der Waals surface area contributed by atoms with Crippen LogP contribution in [-0.2, 0) is 16.1 Å². The van der Waals surface area contributed by atoms with Crippen LogP contribution in [0.4, 0.5) is 0 Å². The van der Waals surface area contributed by atoms with E-state index in [9.17, 15) is 9.59 Å². The molecule has 5 rings (SSSR count). The van der Waals surface area contributed by atoms with Gasteiger partial charge in [0, 0.05) is 37.4 Å². The molecule has 1 aromatic rings. The Morgan fingerprint density at radius 2 is 1.61 bits per heavy atom. The van der Waals surface area contributed by atoms with Gasteiger partial charge in [0.25, 0.3) is 0 Å². The first kappa shape index (κ1) is 27.7. The zero-order valence-electron chi connectivity index (χ0n) is 24.3. The number of likely N-dealkylation sites (tertiary alicyclic amines) is 1. The number of piperidine rings is 1. The van der Waals surface area contributed by atoms with Crippen LogP contribution in [0.25, 0.3) is 0 Å². The van der Waals surface area contributed by atoms with Crippen LogP contribution in [0.2, 0.25) is 0 Å². The van der Waals surface area contributed by atoms with E-state index >= 15 is 0 Å². The maximum Gasteiger partial charge on any atom is 0.246 e. The van der Waals surface area contributed by atoms with E-state index in [1.165, 1.54) is 75.5 Å². The predicted molar refractivity (Wildman–Crippen MR) is 151 cm³/mol. The quantitative estimate of drug-likeness (QED) is 0.491. The zero-order chi connectivity index (χ0) is 26.7. The van der Waals surface area contributed by atoms with Gasteiger partial charge < -0.3 is 10.2 Å². The van der Waals surface area contributed by atoms with Crippen LogP contribution in [-0.4, -0.2) is 62.6 Å². The number of hydrogen-bond acceptors (Lipinski definition) is 4. The molecule has 212 valence electrons. The molecule has 2 amide bonds. The summed E-state index contributed by atoms with van der Waals surface area (Å²) in [5, 5.41) is 8.22. The van der Waals surface area contributed by atoms with Crippen molar-refractivity contribution in [2.45, 2.75) is 141 Å². The lowest BCUT2D eigenvalue weighted by molar-refractivity contribution is -0.162. The van der Waals surface area contributed by atoms with E-state index in [0.717, 1.165) is 57.4 Å². The number of carbonyl (C=O) groups is 2. The molecule has 4 fully saturated rings. The molecule has 7 heteroatoms. The molecule has 38 heavy (non-hydrogen) atoms. The van der Waals surface area contributed by atoms with Crippen molar-refractivity contribution in [2.24, 2.45) is 5.92 Å². The maximum atomic E-state index is 13.8. The SMILES string of the molecule is CCCCN1C(=O)[C@H](CC2CCCCC2)NC(=O)C12CCN(Cc1c(C)nn(C3CCCCC3)c1C)CC2. The van der Waals surface area contributed by atoms with Crippen molar-refractivity contribution in [3.63, 3.8) is 0 Å². The van der Waals surface area contributed by atoms with Gasteiger partial charge in [-0.25, -0.2) is 0 Å². The van der Waals surface area contributed by atoms with Crippen LogP contribution in [0, 0.1) is 19.8 Å². The van der Waals surface area contributed by atoms with Gasteiger partial charge in [-0.3, -0.25) is 19.2 Å². The van der Waals surface area contributed by atoms with E-state index in [0.29, 0.717) is 18.5 Å². The second-order valence-corrected chi connectivity index (χ2v) is 12.8. The Morgan fingerprint density at radius 3 is 2.26 bits per heavy atom. The predicted octanol–water partition coefficient (Wildman–Crippen LogP) is 5.44. The number of nitrogens with zero attached hydrogens (tertiary/aromatic N) is 4. The van der Waals surface area contributed by atoms with Gasteiger partial charge in [-0.1, -0.05) is 64.7 Å². The van der Waals surface area contributed by atoms with E-state index < -0.39 is 5.54 Å². The van der Waals surface area contributed by atoms with Crippen molar-refractivity contribution in [3.05, 3.63) is 17.0 Å². The molecule has 3 heterocycles. The second kappa shape index (κ2) is 12.1. The Balaban J connectivity index is 1.26. The number of amides is 2. The molecular weight excluding hydrogens is 474 g/mol. The number of aryl methyl sites for hydroxylation is 1. The van der Waals surface area contributed by atoms with Crippen LogP contribution >= 0.6 is 0 Å². The van der Waals surface area contributed by atoms with Gasteiger partial charge in [0.2, 0.25) is 11.8 Å². The summed E-state index contributed by atoms with van der Waals surface area (Å²) < 4.78 is 2.31. The topological polar surface area (TPSA) is 70.5 Å². The smallest absolute Gasteiger partial charge is 0.246 e. The number of rotatable bonds is 8. The highest BCUT2D eigenvalue weighted by molar-refractivity contribution is 6.00. The minimum atomic E-state index is -0.678. The Morgan fingerprint density at radius 1 is 0.947 bits per heavy atom. The average molecular weight is 526 g/mol. The molecule has 1 atom stereocenters. The molecule has 0 unspecified atom stereocenters. The number of unbranched alkanes of at least 4 members (excludes halogenated alkanes) is 1. The molecule has 2 aliphatic carbocycles. The summed E-state index contributed by atoms with van der Waals surface area (Å²) in [6.45, 7) is 9.82. The van der Waals surface area contributed by atoms with Gasteiger partial charge in [-0.15, -0.1) is 0 Å². The third-order valence-corrected chi connectivity index (χ3v) is 10.3. The number of piperazine rings is 1. The highest BCUT2D eigenvalue weighted by Crippen LogP contribution is 2.37. The van der Waals surface area contributed by atoms with Crippen molar-refractivity contribution in [2.75, 3.05) is 19.6 Å². The number of nitrogens with one attached hydrogen (secondary N) is 1. The van der Waals surface area contributed by atoms with Crippen molar-refractivity contribution in [3.8, 4) is 0 Å². The van der Waals surface area contributed by atoms with Crippen LogP contribution in [0.15, 0.2) is 0 Å².